The van der Waals surface area contributed by atoms with Crippen molar-refractivity contribution in [2.45, 2.75) is 6.92 Å². The molecule has 0 aromatic carbocycles. The summed E-state index contributed by atoms with van der Waals surface area (Å²) in [6.45, 7) is 1.92. The van der Waals surface area contributed by atoms with Gasteiger partial charge in [-0.1, -0.05) is 6.07 Å². The normalized spacial score (nSPS) is 10.1. The third kappa shape index (κ3) is 3.78. The van der Waals surface area contributed by atoms with Gasteiger partial charge in [0.05, 0.1) is 0 Å². The molecule has 0 spiro atoms. The van der Waals surface area contributed by atoms with Gasteiger partial charge >= 0.3 is 0 Å². The van der Waals surface area contributed by atoms with Crippen molar-refractivity contribution in [3.05, 3.63) is 60.3 Å². The van der Waals surface area contributed by atoms with Gasteiger partial charge in [0.2, 0.25) is 0 Å². The van der Waals surface area contributed by atoms with E-state index in [-0.39, 0.29) is 17.4 Å². The highest BCUT2D eigenvalue weighted by atomic mass is 16.2. The highest BCUT2D eigenvalue weighted by Crippen LogP contribution is 2.25. The number of anilines is 4. The second-order valence-electron chi connectivity index (χ2n) is 5.09. The van der Waals surface area contributed by atoms with Crippen LogP contribution in [0.1, 0.15) is 15.9 Å². The Balaban J connectivity index is 1.73. The molecule has 3 rings (SSSR count). The molecule has 9 heteroatoms. The second kappa shape index (κ2) is 7.21. The Bertz CT molecular complexity index is 884. The van der Waals surface area contributed by atoms with Crippen LogP contribution in [0, 0.1) is 6.92 Å². The largest absolute Gasteiger partial charge is 0.393 e. The number of nitrogen functional groups attached to an aromatic ring is 1. The van der Waals surface area contributed by atoms with Gasteiger partial charge < -0.3 is 11.1 Å². The smallest absolute Gasteiger partial charge is 0.269 e. The van der Waals surface area contributed by atoms with Gasteiger partial charge in [0.25, 0.3) is 5.91 Å². The molecular formula is C16H16N8O. The van der Waals surface area contributed by atoms with E-state index in [2.05, 4.69) is 36.1 Å². The Hall–Kier alpha value is -3.75. The molecule has 25 heavy (non-hydrogen) atoms. The summed E-state index contributed by atoms with van der Waals surface area (Å²) in [7, 11) is 0. The molecule has 0 bridgehead atoms. The van der Waals surface area contributed by atoms with Crippen LogP contribution in [0.3, 0.4) is 0 Å². The van der Waals surface area contributed by atoms with Crippen molar-refractivity contribution in [1.29, 1.82) is 0 Å². The minimum absolute atomic E-state index is 0.252. The van der Waals surface area contributed by atoms with Gasteiger partial charge in [0.1, 0.15) is 17.8 Å². The number of aromatic nitrogens is 4. The summed E-state index contributed by atoms with van der Waals surface area (Å²) in [5.74, 6) is 0.959. The summed E-state index contributed by atoms with van der Waals surface area (Å²) in [5, 5.41) is 3.05. The third-order valence-corrected chi connectivity index (χ3v) is 3.37. The number of rotatable bonds is 5. The number of carbonyl (C=O) groups is 1. The zero-order chi connectivity index (χ0) is 17.6. The quantitative estimate of drug-likeness (QED) is 0.517. The fraction of sp³-hybridized carbons (Fsp3) is 0.0625. The number of nitrogens with one attached hydrogen (secondary N) is 3. The van der Waals surface area contributed by atoms with E-state index in [9.17, 15) is 4.79 Å². The van der Waals surface area contributed by atoms with Gasteiger partial charge in [-0.3, -0.25) is 20.6 Å². The molecule has 0 radical (unpaired) electrons. The van der Waals surface area contributed by atoms with Crippen LogP contribution in [-0.2, 0) is 0 Å². The van der Waals surface area contributed by atoms with Gasteiger partial charge in [-0.15, -0.1) is 0 Å². The molecule has 0 saturated carbocycles. The first-order valence-electron chi connectivity index (χ1n) is 7.40. The highest BCUT2D eigenvalue weighted by Gasteiger charge is 2.11. The minimum Gasteiger partial charge on any atom is -0.393 e. The molecule has 3 aromatic rings. The highest BCUT2D eigenvalue weighted by molar-refractivity contribution is 5.95. The van der Waals surface area contributed by atoms with E-state index < -0.39 is 0 Å². The number of hydrazine groups is 1. The second-order valence-corrected chi connectivity index (χ2v) is 5.09. The number of nitrogens with two attached hydrogens (primary N) is 1. The molecule has 126 valence electrons. The van der Waals surface area contributed by atoms with Crippen molar-refractivity contribution >= 4 is 29.0 Å². The van der Waals surface area contributed by atoms with E-state index in [4.69, 9.17) is 5.73 Å². The number of hydrogen-bond donors (Lipinski definition) is 4. The van der Waals surface area contributed by atoms with E-state index in [1.807, 2.05) is 19.1 Å². The maximum absolute atomic E-state index is 12.0. The number of pyridine rings is 2. The van der Waals surface area contributed by atoms with Crippen LogP contribution in [0.25, 0.3) is 0 Å². The Morgan fingerprint density at radius 1 is 1.00 bits per heavy atom. The van der Waals surface area contributed by atoms with Crippen molar-refractivity contribution < 1.29 is 4.79 Å². The molecule has 1 amide bonds. The van der Waals surface area contributed by atoms with E-state index in [0.29, 0.717) is 17.2 Å². The lowest BCUT2D eigenvalue weighted by Gasteiger charge is -2.13. The first-order valence-corrected chi connectivity index (χ1v) is 7.40. The van der Waals surface area contributed by atoms with Crippen molar-refractivity contribution in [3.8, 4) is 0 Å². The maximum atomic E-state index is 12.0. The Morgan fingerprint density at radius 2 is 1.76 bits per heavy atom. The van der Waals surface area contributed by atoms with Gasteiger partial charge in [0.15, 0.2) is 11.6 Å². The number of amides is 1. The monoisotopic (exact) mass is 336 g/mol. The summed E-state index contributed by atoms with van der Waals surface area (Å²) in [5.41, 5.74) is 12.9. The molecule has 3 heterocycles. The Morgan fingerprint density at radius 3 is 2.52 bits per heavy atom. The predicted octanol–water partition coefficient (Wildman–Crippen LogP) is 1.66. The van der Waals surface area contributed by atoms with Gasteiger partial charge in [-0.25, -0.2) is 15.0 Å². The number of carbonyl (C=O) groups excluding carboxylic acids is 1. The fourth-order valence-corrected chi connectivity index (χ4v) is 2.01. The van der Waals surface area contributed by atoms with Gasteiger partial charge in [-0.2, -0.15) is 0 Å². The predicted molar refractivity (Wildman–Crippen MR) is 94.0 cm³/mol. The van der Waals surface area contributed by atoms with Crippen molar-refractivity contribution in [1.82, 2.24) is 25.4 Å². The van der Waals surface area contributed by atoms with Crippen LogP contribution in [0.5, 0.6) is 0 Å². The SMILES string of the molecule is Cc1cccnc1Nc1ncnc(NNC(=O)c2ccncc2)c1N. The zero-order valence-corrected chi connectivity index (χ0v) is 13.4. The molecule has 9 nitrogen and oxygen atoms in total. The molecule has 5 N–H and O–H groups in total. The van der Waals surface area contributed by atoms with Crippen molar-refractivity contribution in [2.24, 2.45) is 0 Å². The maximum Gasteiger partial charge on any atom is 0.269 e. The third-order valence-electron chi connectivity index (χ3n) is 3.37. The van der Waals surface area contributed by atoms with Crippen LogP contribution in [-0.4, -0.2) is 25.8 Å². The van der Waals surface area contributed by atoms with Crippen LogP contribution < -0.4 is 21.9 Å². The van der Waals surface area contributed by atoms with Crippen LogP contribution >= 0.6 is 0 Å². The molecule has 0 saturated heterocycles. The lowest BCUT2D eigenvalue weighted by atomic mass is 10.2. The van der Waals surface area contributed by atoms with E-state index >= 15 is 0 Å². The molecule has 0 aliphatic heterocycles. The summed E-state index contributed by atoms with van der Waals surface area (Å²) < 4.78 is 0. The van der Waals surface area contributed by atoms with Crippen molar-refractivity contribution in [2.75, 3.05) is 16.5 Å². The average molecular weight is 336 g/mol. The molecule has 0 fully saturated rings. The topological polar surface area (TPSA) is 131 Å². The first-order chi connectivity index (χ1) is 12.1. The van der Waals surface area contributed by atoms with Crippen LogP contribution in [0.2, 0.25) is 0 Å². The van der Waals surface area contributed by atoms with Gasteiger partial charge in [-0.05, 0) is 30.7 Å². The lowest BCUT2D eigenvalue weighted by molar-refractivity contribution is 0.0962. The van der Waals surface area contributed by atoms with Crippen LogP contribution in [0.4, 0.5) is 23.1 Å². The van der Waals surface area contributed by atoms with Crippen LogP contribution in [0.15, 0.2) is 49.2 Å². The Labute approximate surface area is 143 Å². The van der Waals surface area contributed by atoms with Gasteiger partial charge in [0, 0.05) is 24.2 Å². The number of hydrogen-bond acceptors (Lipinski definition) is 8. The zero-order valence-electron chi connectivity index (χ0n) is 13.4. The standard InChI is InChI=1S/C16H16N8O/c1-10-3-2-6-19-13(10)22-14-12(17)15(21-9-20-14)23-24-16(25)11-4-7-18-8-5-11/h2-9H,17H2,1H3,(H,24,25)(H2,19,20,21,22,23). The summed E-state index contributed by atoms with van der Waals surface area (Å²) >= 11 is 0. The first kappa shape index (κ1) is 16.1. The molecule has 0 atom stereocenters. The fourth-order valence-electron chi connectivity index (χ4n) is 2.01. The minimum atomic E-state index is -0.338. The summed E-state index contributed by atoms with van der Waals surface area (Å²) in [6.07, 6.45) is 6.06. The molecule has 0 aliphatic rings. The number of nitrogens with zero attached hydrogens (tertiary/aromatic N) is 4. The summed E-state index contributed by atoms with van der Waals surface area (Å²) in [4.78, 5) is 28.3. The van der Waals surface area contributed by atoms with E-state index in [0.717, 1.165) is 5.56 Å². The van der Waals surface area contributed by atoms with Crippen molar-refractivity contribution in [3.63, 3.8) is 0 Å². The lowest BCUT2D eigenvalue weighted by Crippen LogP contribution is -2.30. The summed E-state index contributed by atoms with van der Waals surface area (Å²) in [6, 6.07) is 6.95. The Kier molecular flexibility index (Phi) is 4.65. The molecule has 3 aromatic heterocycles. The molecule has 0 aliphatic carbocycles. The van der Waals surface area contributed by atoms with E-state index in [1.165, 1.54) is 18.7 Å². The molecule has 0 unspecified atom stereocenters. The average Bonchev–Trinajstić information content (AvgIpc) is 2.64. The number of aryl methyl sites for hydroxylation is 1. The van der Waals surface area contributed by atoms with E-state index in [1.54, 1.807) is 18.3 Å². The molecular weight excluding hydrogens is 320 g/mol.